The summed E-state index contributed by atoms with van der Waals surface area (Å²) in [5, 5.41) is 2.85. The Morgan fingerprint density at radius 3 is 2.58 bits per heavy atom. The highest BCUT2D eigenvalue weighted by Crippen LogP contribution is 2.31. The molecular formula is C11H8F3N3OS. The molecule has 0 spiro atoms. The molecule has 0 unspecified atom stereocenters. The van der Waals surface area contributed by atoms with Gasteiger partial charge in [-0.05, 0) is 12.1 Å². The van der Waals surface area contributed by atoms with Gasteiger partial charge >= 0.3 is 6.18 Å². The van der Waals surface area contributed by atoms with E-state index in [-0.39, 0.29) is 18.1 Å². The number of thiazole rings is 1. The van der Waals surface area contributed by atoms with Gasteiger partial charge in [0.15, 0.2) is 5.01 Å². The van der Waals surface area contributed by atoms with Crippen LogP contribution >= 0.6 is 11.3 Å². The van der Waals surface area contributed by atoms with Crippen LogP contribution in [-0.4, -0.2) is 15.9 Å². The number of pyridine rings is 1. The van der Waals surface area contributed by atoms with Gasteiger partial charge in [0.1, 0.15) is 0 Å². The lowest BCUT2D eigenvalue weighted by Crippen LogP contribution is -2.23. The van der Waals surface area contributed by atoms with E-state index in [9.17, 15) is 18.0 Å². The van der Waals surface area contributed by atoms with Crippen molar-refractivity contribution in [3.63, 3.8) is 0 Å². The van der Waals surface area contributed by atoms with Gasteiger partial charge in [-0.3, -0.25) is 9.78 Å². The van der Waals surface area contributed by atoms with Crippen molar-refractivity contribution in [3.8, 4) is 0 Å². The Bertz CT molecular complexity index is 568. The van der Waals surface area contributed by atoms with Gasteiger partial charge in [0.2, 0.25) is 0 Å². The average Bonchev–Trinajstić information content (AvgIpc) is 2.86. The molecule has 0 aliphatic rings. The highest BCUT2D eigenvalue weighted by atomic mass is 32.1. The summed E-state index contributed by atoms with van der Waals surface area (Å²) in [6.45, 7) is -0.0479. The van der Waals surface area contributed by atoms with E-state index in [1.807, 2.05) is 0 Å². The summed E-state index contributed by atoms with van der Waals surface area (Å²) in [4.78, 5) is 18.8. The van der Waals surface area contributed by atoms with Gasteiger partial charge in [-0.2, -0.15) is 13.2 Å². The number of nitrogens with one attached hydrogen (secondary N) is 1. The zero-order valence-electron chi connectivity index (χ0n) is 9.44. The van der Waals surface area contributed by atoms with Crippen molar-refractivity contribution in [1.82, 2.24) is 15.3 Å². The van der Waals surface area contributed by atoms with E-state index in [0.717, 1.165) is 0 Å². The molecule has 2 rings (SSSR count). The number of aromatic nitrogens is 2. The fourth-order valence-corrected chi connectivity index (χ4v) is 1.98. The van der Waals surface area contributed by atoms with Crippen LogP contribution in [0.15, 0.2) is 29.9 Å². The SMILES string of the molecule is O=C(NCc1csc(C(F)(F)F)n1)c1ccncc1. The Labute approximate surface area is 110 Å². The first-order chi connectivity index (χ1) is 8.97. The minimum Gasteiger partial charge on any atom is -0.346 e. The van der Waals surface area contributed by atoms with Gasteiger partial charge in [-0.1, -0.05) is 0 Å². The van der Waals surface area contributed by atoms with Crippen LogP contribution in [0.5, 0.6) is 0 Å². The number of rotatable bonds is 3. The van der Waals surface area contributed by atoms with Crippen LogP contribution in [0.1, 0.15) is 21.1 Å². The third-order valence-corrected chi connectivity index (χ3v) is 3.10. The number of halogens is 3. The summed E-state index contributed by atoms with van der Waals surface area (Å²) in [5.74, 6) is -0.385. The Balaban J connectivity index is 1.96. The molecule has 1 N–H and O–H groups in total. The molecule has 100 valence electrons. The van der Waals surface area contributed by atoms with Crippen LogP contribution in [-0.2, 0) is 12.7 Å². The van der Waals surface area contributed by atoms with Crippen molar-refractivity contribution in [2.45, 2.75) is 12.7 Å². The molecular weight excluding hydrogens is 279 g/mol. The van der Waals surface area contributed by atoms with Crippen LogP contribution in [0.4, 0.5) is 13.2 Å². The smallest absolute Gasteiger partial charge is 0.346 e. The number of carbonyl (C=O) groups excluding carboxylic acids is 1. The van der Waals surface area contributed by atoms with Gasteiger partial charge < -0.3 is 5.32 Å². The second kappa shape index (κ2) is 5.35. The molecule has 4 nitrogen and oxygen atoms in total. The number of carbonyl (C=O) groups is 1. The Morgan fingerprint density at radius 2 is 2.00 bits per heavy atom. The second-order valence-electron chi connectivity index (χ2n) is 3.56. The molecule has 2 heterocycles. The van der Waals surface area contributed by atoms with E-state index in [2.05, 4.69) is 15.3 Å². The van der Waals surface area contributed by atoms with E-state index in [1.54, 1.807) is 0 Å². The van der Waals surface area contributed by atoms with E-state index < -0.39 is 11.2 Å². The fraction of sp³-hybridized carbons (Fsp3) is 0.182. The molecule has 2 aromatic heterocycles. The van der Waals surface area contributed by atoms with E-state index in [0.29, 0.717) is 16.9 Å². The first-order valence-electron chi connectivity index (χ1n) is 5.16. The minimum atomic E-state index is -4.45. The molecule has 19 heavy (non-hydrogen) atoms. The topological polar surface area (TPSA) is 54.9 Å². The van der Waals surface area contributed by atoms with Crippen molar-refractivity contribution >= 4 is 17.2 Å². The predicted octanol–water partition coefficient (Wildman–Crippen LogP) is 2.49. The molecule has 0 fully saturated rings. The molecule has 2 aromatic rings. The zero-order chi connectivity index (χ0) is 13.9. The van der Waals surface area contributed by atoms with Crippen LogP contribution in [0.2, 0.25) is 0 Å². The Hall–Kier alpha value is -1.96. The molecule has 0 aliphatic heterocycles. The molecule has 0 aromatic carbocycles. The van der Waals surface area contributed by atoms with Crippen molar-refractivity contribution < 1.29 is 18.0 Å². The summed E-state index contributed by atoms with van der Waals surface area (Å²) < 4.78 is 37.0. The number of amides is 1. The van der Waals surface area contributed by atoms with Crippen LogP contribution in [0.25, 0.3) is 0 Å². The highest BCUT2D eigenvalue weighted by Gasteiger charge is 2.34. The molecule has 8 heteroatoms. The van der Waals surface area contributed by atoms with Crippen LogP contribution in [0.3, 0.4) is 0 Å². The monoisotopic (exact) mass is 287 g/mol. The third-order valence-electron chi connectivity index (χ3n) is 2.17. The number of hydrogen-bond donors (Lipinski definition) is 1. The quantitative estimate of drug-likeness (QED) is 0.943. The summed E-state index contributed by atoms with van der Waals surface area (Å²) in [6.07, 6.45) is -1.53. The summed E-state index contributed by atoms with van der Waals surface area (Å²) >= 11 is 0.507. The lowest BCUT2D eigenvalue weighted by Gasteiger charge is -2.03. The molecule has 0 saturated heterocycles. The summed E-state index contributed by atoms with van der Waals surface area (Å²) in [7, 11) is 0. The van der Waals surface area contributed by atoms with E-state index >= 15 is 0 Å². The van der Waals surface area contributed by atoms with Gasteiger partial charge in [-0.15, -0.1) is 11.3 Å². The molecule has 0 saturated carbocycles. The first kappa shape index (κ1) is 13.5. The van der Waals surface area contributed by atoms with Gasteiger partial charge in [-0.25, -0.2) is 4.98 Å². The van der Waals surface area contributed by atoms with Crippen LogP contribution in [0, 0.1) is 0 Å². The molecule has 0 radical (unpaired) electrons. The molecule has 0 bridgehead atoms. The van der Waals surface area contributed by atoms with Crippen molar-refractivity contribution in [2.75, 3.05) is 0 Å². The third kappa shape index (κ3) is 3.50. The van der Waals surface area contributed by atoms with Crippen molar-refractivity contribution in [3.05, 3.63) is 46.2 Å². The maximum Gasteiger partial charge on any atom is 0.443 e. The summed E-state index contributed by atoms with van der Waals surface area (Å²) in [6, 6.07) is 3.02. The molecule has 0 aliphatic carbocycles. The van der Waals surface area contributed by atoms with E-state index in [1.165, 1.54) is 29.9 Å². The predicted molar refractivity (Wildman–Crippen MR) is 62.5 cm³/mol. The van der Waals surface area contributed by atoms with Gasteiger partial charge in [0.05, 0.1) is 12.2 Å². The molecule has 0 atom stereocenters. The zero-order valence-corrected chi connectivity index (χ0v) is 10.3. The van der Waals surface area contributed by atoms with Crippen molar-refractivity contribution in [2.24, 2.45) is 0 Å². The normalized spacial score (nSPS) is 11.3. The fourth-order valence-electron chi connectivity index (χ4n) is 1.29. The van der Waals surface area contributed by atoms with Gasteiger partial charge in [0.25, 0.3) is 5.91 Å². The minimum absolute atomic E-state index is 0.0479. The number of nitrogens with zero attached hydrogens (tertiary/aromatic N) is 2. The molecule has 1 amide bonds. The summed E-state index contributed by atoms with van der Waals surface area (Å²) in [5.41, 5.74) is 0.570. The lowest BCUT2D eigenvalue weighted by molar-refractivity contribution is -0.137. The lowest BCUT2D eigenvalue weighted by atomic mass is 10.2. The number of alkyl halides is 3. The van der Waals surface area contributed by atoms with E-state index in [4.69, 9.17) is 0 Å². The Kier molecular flexibility index (Phi) is 3.79. The second-order valence-corrected chi connectivity index (χ2v) is 4.42. The van der Waals surface area contributed by atoms with Crippen molar-refractivity contribution in [1.29, 1.82) is 0 Å². The van der Waals surface area contributed by atoms with Gasteiger partial charge in [0, 0.05) is 23.3 Å². The maximum atomic E-state index is 12.3. The highest BCUT2D eigenvalue weighted by molar-refractivity contribution is 7.09. The largest absolute Gasteiger partial charge is 0.443 e. The standard InChI is InChI=1S/C11H8F3N3OS/c12-11(13,14)10-17-8(6-19-10)5-16-9(18)7-1-3-15-4-2-7/h1-4,6H,5H2,(H,16,18). The Morgan fingerprint density at radius 1 is 1.32 bits per heavy atom. The van der Waals surface area contributed by atoms with Crippen LogP contribution < -0.4 is 5.32 Å². The maximum absolute atomic E-state index is 12.3. The average molecular weight is 287 g/mol. The first-order valence-corrected chi connectivity index (χ1v) is 6.04. The number of hydrogen-bond acceptors (Lipinski definition) is 4.